The van der Waals surface area contributed by atoms with E-state index in [4.69, 9.17) is 11.6 Å². The summed E-state index contributed by atoms with van der Waals surface area (Å²) < 4.78 is 0. The third-order valence-corrected chi connectivity index (χ3v) is 3.20. The number of halogens is 1. The average molecular weight is 246 g/mol. The Hall–Kier alpha value is -0.320. The zero-order valence-electron chi connectivity index (χ0n) is 9.11. The minimum absolute atomic E-state index is 0.461. The van der Waals surface area contributed by atoms with E-state index in [0.29, 0.717) is 5.15 Å². The quantitative estimate of drug-likeness (QED) is 0.721. The molecular formula is C10H16ClN3S. The molecule has 1 aromatic rings. The van der Waals surface area contributed by atoms with Crippen LogP contribution in [0.1, 0.15) is 13.8 Å². The fourth-order valence-electron chi connectivity index (χ4n) is 1.21. The van der Waals surface area contributed by atoms with Gasteiger partial charge in [0.25, 0.3) is 0 Å². The summed E-state index contributed by atoms with van der Waals surface area (Å²) in [6.07, 6.45) is 3.30. The molecule has 0 aromatic carbocycles. The Morgan fingerprint density at radius 1 is 1.33 bits per heavy atom. The summed E-state index contributed by atoms with van der Waals surface area (Å²) >= 11 is 7.44. The third-order valence-electron chi connectivity index (χ3n) is 2.13. The van der Waals surface area contributed by atoms with Gasteiger partial charge in [0.1, 0.15) is 10.2 Å². The summed E-state index contributed by atoms with van der Waals surface area (Å²) in [6, 6.07) is 0. The topological polar surface area (TPSA) is 29.0 Å². The highest BCUT2D eigenvalue weighted by Gasteiger charge is 2.01. The first kappa shape index (κ1) is 12.7. The number of nitrogens with zero attached hydrogens (tertiary/aromatic N) is 3. The summed E-state index contributed by atoms with van der Waals surface area (Å²) in [5, 5.41) is 1.36. The smallest absolute Gasteiger partial charge is 0.148 e. The van der Waals surface area contributed by atoms with Crippen LogP contribution in [0, 0.1) is 0 Å². The minimum atomic E-state index is 0.461. The van der Waals surface area contributed by atoms with Crippen molar-refractivity contribution >= 4 is 23.4 Å². The summed E-state index contributed by atoms with van der Waals surface area (Å²) in [6.45, 7) is 7.61. The van der Waals surface area contributed by atoms with Crippen LogP contribution in [-0.2, 0) is 0 Å². The summed E-state index contributed by atoms with van der Waals surface area (Å²) in [4.78, 5) is 10.5. The molecule has 0 radical (unpaired) electrons. The molecule has 1 rings (SSSR count). The number of hydrogen-bond donors (Lipinski definition) is 0. The van der Waals surface area contributed by atoms with Crippen molar-refractivity contribution in [3.63, 3.8) is 0 Å². The maximum atomic E-state index is 5.74. The fraction of sp³-hybridized carbons (Fsp3) is 0.600. The molecule has 0 aliphatic carbocycles. The Morgan fingerprint density at radius 3 is 2.67 bits per heavy atom. The zero-order valence-corrected chi connectivity index (χ0v) is 10.7. The Bertz CT molecular complexity index is 292. The molecule has 0 atom stereocenters. The lowest BCUT2D eigenvalue weighted by atomic mass is 10.5. The lowest BCUT2D eigenvalue weighted by molar-refractivity contribution is 0.324. The number of thioether (sulfide) groups is 1. The minimum Gasteiger partial charge on any atom is -0.303 e. The highest BCUT2D eigenvalue weighted by atomic mass is 35.5. The van der Waals surface area contributed by atoms with Gasteiger partial charge in [0.05, 0.1) is 12.4 Å². The molecule has 3 nitrogen and oxygen atoms in total. The molecule has 0 saturated carbocycles. The number of aromatic nitrogens is 2. The van der Waals surface area contributed by atoms with Gasteiger partial charge >= 0.3 is 0 Å². The molecule has 1 heterocycles. The van der Waals surface area contributed by atoms with Crippen molar-refractivity contribution in [2.45, 2.75) is 18.9 Å². The van der Waals surface area contributed by atoms with Crippen LogP contribution in [0.15, 0.2) is 17.4 Å². The van der Waals surface area contributed by atoms with Gasteiger partial charge in [-0.25, -0.2) is 4.98 Å². The van der Waals surface area contributed by atoms with Gasteiger partial charge in [0.2, 0.25) is 0 Å². The molecule has 0 bridgehead atoms. The van der Waals surface area contributed by atoms with E-state index >= 15 is 0 Å². The molecular weight excluding hydrogens is 230 g/mol. The normalized spacial score (nSPS) is 10.9. The molecule has 0 unspecified atom stereocenters. The predicted molar refractivity (Wildman–Crippen MR) is 65.6 cm³/mol. The fourth-order valence-corrected chi connectivity index (χ4v) is 2.27. The SMILES string of the molecule is CCN(CC)CCSc1cncc(Cl)n1. The van der Waals surface area contributed by atoms with Crippen molar-refractivity contribution in [2.75, 3.05) is 25.4 Å². The highest BCUT2D eigenvalue weighted by Crippen LogP contribution is 2.15. The Labute approximate surface area is 100 Å². The van der Waals surface area contributed by atoms with Crippen molar-refractivity contribution < 1.29 is 0 Å². The van der Waals surface area contributed by atoms with Crippen LogP contribution in [0.2, 0.25) is 5.15 Å². The van der Waals surface area contributed by atoms with Crippen LogP contribution in [0.3, 0.4) is 0 Å². The molecule has 0 N–H and O–H groups in total. The third kappa shape index (κ3) is 4.82. The van der Waals surface area contributed by atoms with Crippen LogP contribution in [0.25, 0.3) is 0 Å². The van der Waals surface area contributed by atoms with E-state index in [1.54, 1.807) is 24.2 Å². The van der Waals surface area contributed by atoms with Gasteiger partial charge in [0, 0.05) is 12.3 Å². The number of rotatable bonds is 6. The molecule has 5 heteroatoms. The second-order valence-corrected chi connectivity index (χ2v) is 4.56. The van der Waals surface area contributed by atoms with Gasteiger partial charge in [-0.05, 0) is 13.1 Å². The van der Waals surface area contributed by atoms with Crippen molar-refractivity contribution in [2.24, 2.45) is 0 Å². The maximum absolute atomic E-state index is 5.74. The van der Waals surface area contributed by atoms with Crippen LogP contribution in [-0.4, -0.2) is 40.3 Å². The van der Waals surface area contributed by atoms with E-state index in [1.807, 2.05) is 0 Å². The van der Waals surface area contributed by atoms with E-state index < -0.39 is 0 Å². The Morgan fingerprint density at radius 2 is 2.07 bits per heavy atom. The Balaban J connectivity index is 2.31. The van der Waals surface area contributed by atoms with Crippen LogP contribution in [0.5, 0.6) is 0 Å². The molecule has 0 fully saturated rings. The maximum Gasteiger partial charge on any atom is 0.148 e. The van der Waals surface area contributed by atoms with Crippen molar-refractivity contribution in [1.82, 2.24) is 14.9 Å². The van der Waals surface area contributed by atoms with E-state index in [9.17, 15) is 0 Å². The largest absolute Gasteiger partial charge is 0.303 e. The van der Waals surface area contributed by atoms with Gasteiger partial charge in [-0.2, -0.15) is 0 Å². The molecule has 0 amide bonds. The first-order valence-electron chi connectivity index (χ1n) is 5.09. The van der Waals surface area contributed by atoms with Crippen LogP contribution >= 0.6 is 23.4 Å². The number of hydrogen-bond acceptors (Lipinski definition) is 4. The van der Waals surface area contributed by atoms with Gasteiger partial charge < -0.3 is 4.90 Å². The summed E-state index contributed by atoms with van der Waals surface area (Å²) in [5.74, 6) is 1.02. The van der Waals surface area contributed by atoms with E-state index in [2.05, 4.69) is 28.7 Å². The molecule has 0 spiro atoms. The van der Waals surface area contributed by atoms with Gasteiger partial charge in [-0.3, -0.25) is 4.98 Å². The molecule has 1 aromatic heterocycles. The molecule has 0 aliphatic heterocycles. The molecule has 0 aliphatic rings. The van der Waals surface area contributed by atoms with E-state index in [-0.39, 0.29) is 0 Å². The second kappa shape index (κ2) is 7.04. The lowest BCUT2D eigenvalue weighted by Gasteiger charge is -2.16. The van der Waals surface area contributed by atoms with Crippen LogP contribution in [0.4, 0.5) is 0 Å². The van der Waals surface area contributed by atoms with Gasteiger partial charge in [-0.1, -0.05) is 25.4 Å². The van der Waals surface area contributed by atoms with Gasteiger partial charge in [-0.15, -0.1) is 11.8 Å². The van der Waals surface area contributed by atoms with Crippen LogP contribution < -0.4 is 0 Å². The van der Waals surface area contributed by atoms with E-state index in [0.717, 1.165) is 30.4 Å². The zero-order chi connectivity index (χ0) is 11.1. The predicted octanol–water partition coefficient (Wildman–Crippen LogP) is 2.56. The average Bonchev–Trinajstić information content (AvgIpc) is 2.25. The standard InChI is InChI=1S/C10H16ClN3S/c1-3-14(4-2)5-6-15-10-8-12-7-9(11)13-10/h7-8H,3-6H2,1-2H3. The highest BCUT2D eigenvalue weighted by molar-refractivity contribution is 7.99. The monoisotopic (exact) mass is 245 g/mol. The van der Waals surface area contributed by atoms with Crippen molar-refractivity contribution in [3.05, 3.63) is 17.5 Å². The lowest BCUT2D eigenvalue weighted by Crippen LogP contribution is -2.25. The van der Waals surface area contributed by atoms with Crippen molar-refractivity contribution in [1.29, 1.82) is 0 Å². The molecule has 15 heavy (non-hydrogen) atoms. The molecule has 0 saturated heterocycles. The van der Waals surface area contributed by atoms with Gasteiger partial charge in [0.15, 0.2) is 0 Å². The summed E-state index contributed by atoms with van der Waals surface area (Å²) in [5.41, 5.74) is 0. The van der Waals surface area contributed by atoms with Crippen molar-refractivity contribution in [3.8, 4) is 0 Å². The molecule has 84 valence electrons. The summed E-state index contributed by atoms with van der Waals surface area (Å²) in [7, 11) is 0. The first-order chi connectivity index (χ1) is 7.26. The Kier molecular flexibility index (Phi) is 5.98. The first-order valence-corrected chi connectivity index (χ1v) is 6.45. The van der Waals surface area contributed by atoms with E-state index in [1.165, 1.54) is 0 Å². The second-order valence-electron chi connectivity index (χ2n) is 3.06.